The van der Waals surface area contributed by atoms with E-state index in [0.29, 0.717) is 0 Å². The molecule has 1 aromatic carbocycles. The molecule has 3 N–H and O–H groups in total. The summed E-state index contributed by atoms with van der Waals surface area (Å²) in [6.07, 6.45) is 1.56. The normalized spacial score (nSPS) is 11.7. The minimum absolute atomic E-state index is 0.139. The van der Waals surface area contributed by atoms with Crippen LogP contribution in [0, 0.1) is 0 Å². The van der Waals surface area contributed by atoms with Crippen LogP contribution >= 0.6 is 0 Å². The van der Waals surface area contributed by atoms with Gasteiger partial charge in [-0.3, -0.25) is 10.0 Å². The Morgan fingerprint density at radius 2 is 1.95 bits per heavy atom. The Morgan fingerprint density at radius 3 is 2.53 bits per heavy atom. The molecule has 0 saturated heterocycles. The van der Waals surface area contributed by atoms with Crippen LogP contribution in [0.2, 0.25) is 0 Å². The van der Waals surface area contributed by atoms with Crippen LogP contribution in [0.4, 0.5) is 5.69 Å². The zero-order valence-electron chi connectivity index (χ0n) is 10.5. The second kappa shape index (κ2) is 5.97. The van der Waals surface area contributed by atoms with Crippen molar-refractivity contribution in [1.82, 2.24) is 10.5 Å². The predicted octanol–water partition coefficient (Wildman–Crippen LogP) is 2.37. The third kappa shape index (κ3) is 3.29. The standard InChI is InChI=1S/C14H15N3O2/c1-10(11-5-3-2-4-6-11)16-12-7-8-13(15-9-12)14(18)17-19/h2-10,16,19H,1H3,(H,17,18)/t10-/m1/s1. The van der Waals surface area contributed by atoms with Gasteiger partial charge in [0.1, 0.15) is 5.69 Å². The molecule has 0 saturated carbocycles. The van der Waals surface area contributed by atoms with E-state index in [4.69, 9.17) is 5.21 Å². The van der Waals surface area contributed by atoms with Gasteiger partial charge in [0.15, 0.2) is 0 Å². The Morgan fingerprint density at radius 1 is 1.21 bits per heavy atom. The van der Waals surface area contributed by atoms with Gasteiger partial charge < -0.3 is 5.32 Å². The maximum Gasteiger partial charge on any atom is 0.293 e. The van der Waals surface area contributed by atoms with E-state index in [1.165, 1.54) is 5.56 Å². The molecule has 2 rings (SSSR count). The largest absolute Gasteiger partial charge is 0.377 e. The number of hydrogen-bond acceptors (Lipinski definition) is 4. The molecule has 0 aliphatic rings. The molecule has 1 aromatic heterocycles. The average Bonchev–Trinajstić information content (AvgIpc) is 2.48. The molecule has 0 spiro atoms. The Bertz CT molecular complexity index is 540. The van der Waals surface area contributed by atoms with Gasteiger partial charge in [-0.25, -0.2) is 10.5 Å². The van der Waals surface area contributed by atoms with Gasteiger partial charge in [0.05, 0.1) is 11.9 Å². The van der Waals surface area contributed by atoms with Gasteiger partial charge in [-0.15, -0.1) is 0 Å². The van der Waals surface area contributed by atoms with Crippen molar-refractivity contribution in [1.29, 1.82) is 0 Å². The van der Waals surface area contributed by atoms with E-state index in [-0.39, 0.29) is 11.7 Å². The lowest BCUT2D eigenvalue weighted by Gasteiger charge is -2.15. The first kappa shape index (κ1) is 13.0. The van der Waals surface area contributed by atoms with Gasteiger partial charge in [-0.1, -0.05) is 30.3 Å². The predicted molar refractivity (Wildman–Crippen MR) is 72.0 cm³/mol. The fourth-order valence-electron chi connectivity index (χ4n) is 1.75. The highest BCUT2D eigenvalue weighted by Crippen LogP contribution is 2.18. The minimum atomic E-state index is -0.623. The number of carbonyl (C=O) groups is 1. The molecule has 5 heteroatoms. The number of aromatic nitrogens is 1. The van der Waals surface area contributed by atoms with Crippen molar-refractivity contribution >= 4 is 11.6 Å². The third-order valence-electron chi connectivity index (χ3n) is 2.78. The fraction of sp³-hybridized carbons (Fsp3) is 0.143. The lowest BCUT2D eigenvalue weighted by molar-refractivity contribution is 0.0701. The van der Waals surface area contributed by atoms with Gasteiger partial charge in [-0.2, -0.15) is 0 Å². The summed E-state index contributed by atoms with van der Waals surface area (Å²) in [5, 5.41) is 11.8. The van der Waals surface area contributed by atoms with Crippen LogP contribution in [-0.4, -0.2) is 16.1 Å². The topological polar surface area (TPSA) is 74.2 Å². The van der Waals surface area contributed by atoms with Crippen LogP contribution in [0.5, 0.6) is 0 Å². The molecule has 1 amide bonds. The van der Waals surface area contributed by atoms with E-state index in [1.54, 1.807) is 23.8 Å². The summed E-state index contributed by atoms with van der Waals surface area (Å²) >= 11 is 0. The number of hydroxylamine groups is 1. The Kier molecular flexibility index (Phi) is 4.10. The highest BCUT2D eigenvalue weighted by Gasteiger charge is 2.07. The summed E-state index contributed by atoms with van der Waals surface area (Å²) in [6.45, 7) is 2.05. The van der Waals surface area contributed by atoms with E-state index in [1.807, 2.05) is 37.3 Å². The van der Waals surface area contributed by atoms with Gasteiger partial charge >= 0.3 is 0 Å². The van der Waals surface area contributed by atoms with Crippen LogP contribution in [0.3, 0.4) is 0 Å². The number of pyridine rings is 1. The minimum Gasteiger partial charge on any atom is -0.377 e. The molecule has 1 atom stereocenters. The van der Waals surface area contributed by atoms with E-state index in [0.717, 1.165) is 5.69 Å². The van der Waals surface area contributed by atoms with Crippen molar-refractivity contribution in [2.45, 2.75) is 13.0 Å². The molecule has 98 valence electrons. The molecule has 5 nitrogen and oxygen atoms in total. The smallest absolute Gasteiger partial charge is 0.293 e. The third-order valence-corrected chi connectivity index (χ3v) is 2.78. The summed E-state index contributed by atoms with van der Waals surface area (Å²) in [5.74, 6) is -0.623. The molecule has 0 unspecified atom stereocenters. The first-order valence-electron chi connectivity index (χ1n) is 5.92. The van der Waals surface area contributed by atoms with Crippen molar-refractivity contribution in [3.63, 3.8) is 0 Å². The summed E-state index contributed by atoms with van der Waals surface area (Å²) in [7, 11) is 0. The van der Waals surface area contributed by atoms with Crippen LogP contribution < -0.4 is 10.8 Å². The zero-order valence-corrected chi connectivity index (χ0v) is 10.5. The molecular weight excluding hydrogens is 242 g/mol. The maximum atomic E-state index is 11.1. The second-order valence-corrected chi connectivity index (χ2v) is 4.15. The van der Waals surface area contributed by atoms with E-state index < -0.39 is 5.91 Å². The Hall–Kier alpha value is -2.40. The summed E-state index contributed by atoms with van der Waals surface area (Å²) in [6, 6.07) is 13.5. The number of benzene rings is 1. The van der Waals surface area contributed by atoms with Crippen molar-refractivity contribution in [3.05, 3.63) is 59.9 Å². The molecule has 0 radical (unpaired) electrons. The molecule has 0 bridgehead atoms. The number of amides is 1. The number of carbonyl (C=O) groups excluding carboxylic acids is 1. The van der Waals surface area contributed by atoms with Crippen molar-refractivity contribution in [2.75, 3.05) is 5.32 Å². The Balaban J connectivity index is 2.06. The van der Waals surface area contributed by atoms with E-state index in [9.17, 15) is 4.79 Å². The Labute approximate surface area is 111 Å². The monoisotopic (exact) mass is 257 g/mol. The van der Waals surface area contributed by atoms with E-state index >= 15 is 0 Å². The molecule has 2 aromatic rings. The first-order chi connectivity index (χ1) is 9.20. The SMILES string of the molecule is C[C@@H](Nc1ccc(C(=O)NO)nc1)c1ccccc1. The van der Waals surface area contributed by atoms with Crippen LogP contribution in [0.15, 0.2) is 48.7 Å². The van der Waals surface area contributed by atoms with Gasteiger partial charge in [-0.05, 0) is 24.6 Å². The number of rotatable bonds is 4. The van der Waals surface area contributed by atoms with Crippen LogP contribution in [-0.2, 0) is 0 Å². The number of nitrogens with one attached hydrogen (secondary N) is 2. The highest BCUT2D eigenvalue weighted by atomic mass is 16.5. The lowest BCUT2D eigenvalue weighted by Crippen LogP contribution is -2.19. The molecule has 0 aliphatic carbocycles. The second-order valence-electron chi connectivity index (χ2n) is 4.15. The zero-order chi connectivity index (χ0) is 13.7. The van der Waals surface area contributed by atoms with Crippen molar-refractivity contribution < 1.29 is 10.0 Å². The van der Waals surface area contributed by atoms with Crippen molar-refractivity contribution in [2.24, 2.45) is 0 Å². The molecule has 19 heavy (non-hydrogen) atoms. The van der Waals surface area contributed by atoms with Crippen LogP contribution in [0.1, 0.15) is 29.0 Å². The number of hydrogen-bond donors (Lipinski definition) is 3. The summed E-state index contributed by atoms with van der Waals surface area (Å²) in [5.41, 5.74) is 3.69. The van der Waals surface area contributed by atoms with E-state index in [2.05, 4.69) is 10.3 Å². The summed E-state index contributed by atoms with van der Waals surface area (Å²) < 4.78 is 0. The molecular formula is C14H15N3O2. The number of nitrogens with zero attached hydrogens (tertiary/aromatic N) is 1. The molecule has 1 heterocycles. The quantitative estimate of drug-likeness (QED) is 0.580. The fourth-order valence-corrected chi connectivity index (χ4v) is 1.75. The van der Waals surface area contributed by atoms with Crippen LogP contribution in [0.25, 0.3) is 0 Å². The maximum absolute atomic E-state index is 11.1. The molecule has 0 aliphatic heterocycles. The highest BCUT2D eigenvalue weighted by molar-refractivity contribution is 5.91. The first-order valence-corrected chi connectivity index (χ1v) is 5.92. The van der Waals surface area contributed by atoms with Gasteiger partial charge in [0, 0.05) is 6.04 Å². The average molecular weight is 257 g/mol. The van der Waals surface area contributed by atoms with Crippen molar-refractivity contribution in [3.8, 4) is 0 Å². The lowest BCUT2D eigenvalue weighted by atomic mass is 10.1. The van der Waals surface area contributed by atoms with Gasteiger partial charge in [0.25, 0.3) is 5.91 Å². The molecule has 0 fully saturated rings. The number of anilines is 1. The summed E-state index contributed by atoms with van der Waals surface area (Å²) in [4.78, 5) is 15.1. The van der Waals surface area contributed by atoms with Gasteiger partial charge in [0.2, 0.25) is 0 Å².